The zero-order valence-corrected chi connectivity index (χ0v) is 18.4. The van der Waals surface area contributed by atoms with Crippen molar-refractivity contribution in [2.75, 3.05) is 19.6 Å². The van der Waals surface area contributed by atoms with Crippen LogP contribution in [0.5, 0.6) is 0 Å². The number of benzene rings is 1. The quantitative estimate of drug-likeness (QED) is 0.752. The Labute approximate surface area is 179 Å². The predicted octanol–water partition coefficient (Wildman–Crippen LogP) is 4.08. The molecule has 2 heterocycles. The third-order valence-electron chi connectivity index (χ3n) is 5.85. The first-order chi connectivity index (χ1) is 14.4. The number of aromatic nitrogens is 1. The molecule has 30 heavy (non-hydrogen) atoms. The maximum Gasteiger partial charge on any atom is 0.228 e. The molecule has 2 aromatic rings. The smallest absolute Gasteiger partial charge is 0.228 e. The fourth-order valence-corrected chi connectivity index (χ4v) is 4.42. The second kappa shape index (κ2) is 9.88. The largest absolute Gasteiger partial charge is 0.356 e. The van der Waals surface area contributed by atoms with Gasteiger partial charge in [0.1, 0.15) is 0 Å². The zero-order chi connectivity index (χ0) is 21.6. The van der Waals surface area contributed by atoms with Crippen molar-refractivity contribution >= 4 is 11.8 Å². The number of nitrogens with one attached hydrogen (secondary N) is 1. The number of carbonyl (C=O) groups excluding carboxylic acids is 2. The number of pyridine rings is 1. The average molecular weight is 408 g/mol. The van der Waals surface area contributed by atoms with E-state index in [1.807, 2.05) is 42.3 Å². The van der Waals surface area contributed by atoms with Gasteiger partial charge in [-0.1, -0.05) is 44.2 Å². The molecule has 0 bridgehead atoms. The summed E-state index contributed by atoms with van der Waals surface area (Å²) < 4.78 is 0. The summed E-state index contributed by atoms with van der Waals surface area (Å²) in [6, 6.07) is 12.2. The first-order valence-corrected chi connectivity index (χ1v) is 11.0. The molecule has 0 saturated carbocycles. The number of nitrogens with zero attached hydrogens (tertiary/aromatic N) is 2. The molecule has 0 aliphatic carbocycles. The van der Waals surface area contributed by atoms with Crippen LogP contribution in [0.1, 0.15) is 45.6 Å². The molecule has 5 nitrogen and oxygen atoms in total. The third-order valence-corrected chi connectivity index (χ3v) is 5.85. The molecule has 2 amide bonds. The van der Waals surface area contributed by atoms with Gasteiger partial charge in [-0.3, -0.25) is 14.6 Å². The summed E-state index contributed by atoms with van der Waals surface area (Å²) in [5, 5.41) is 3.05. The van der Waals surface area contributed by atoms with Crippen LogP contribution in [0.15, 0.2) is 48.8 Å². The first-order valence-electron chi connectivity index (χ1n) is 11.0. The second-order valence-electron chi connectivity index (χ2n) is 8.73. The number of hydrogen-bond donors (Lipinski definition) is 1. The van der Waals surface area contributed by atoms with Gasteiger partial charge >= 0.3 is 0 Å². The Hall–Kier alpha value is -2.69. The number of piperidine rings is 1. The summed E-state index contributed by atoms with van der Waals surface area (Å²) in [5.74, 6) is 0.511. The van der Waals surface area contributed by atoms with Gasteiger partial charge in [0.2, 0.25) is 11.8 Å². The maximum atomic E-state index is 13.3. The van der Waals surface area contributed by atoms with Gasteiger partial charge in [-0.15, -0.1) is 0 Å². The lowest BCUT2D eigenvalue weighted by atomic mass is 9.73. The van der Waals surface area contributed by atoms with Gasteiger partial charge in [0.25, 0.3) is 0 Å². The molecule has 1 saturated heterocycles. The van der Waals surface area contributed by atoms with Gasteiger partial charge < -0.3 is 10.2 Å². The summed E-state index contributed by atoms with van der Waals surface area (Å²) >= 11 is 0. The van der Waals surface area contributed by atoms with Crippen LogP contribution in [0.2, 0.25) is 0 Å². The van der Waals surface area contributed by atoms with E-state index in [1.54, 1.807) is 6.20 Å². The minimum absolute atomic E-state index is 0.0491. The summed E-state index contributed by atoms with van der Waals surface area (Å²) in [7, 11) is 0. The molecule has 1 atom stereocenters. The number of amides is 2. The number of likely N-dealkylation sites (tertiary alicyclic amines) is 1. The molecule has 1 aliphatic heterocycles. The van der Waals surface area contributed by atoms with Gasteiger partial charge in [0.15, 0.2) is 0 Å². The van der Waals surface area contributed by atoms with Crippen LogP contribution in [-0.4, -0.2) is 41.3 Å². The van der Waals surface area contributed by atoms with Crippen LogP contribution in [0, 0.1) is 11.3 Å². The normalized spacial score (nSPS) is 19.0. The molecule has 1 N–H and O–H groups in total. The van der Waals surface area contributed by atoms with E-state index in [0.29, 0.717) is 31.8 Å². The first kappa shape index (κ1) is 22.0. The van der Waals surface area contributed by atoms with Crippen LogP contribution in [0.3, 0.4) is 0 Å². The van der Waals surface area contributed by atoms with E-state index in [2.05, 4.69) is 36.3 Å². The van der Waals surface area contributed by atoms with E-state index in [0.717, 1.165) is 36.1 Å². The number of rotatable bonds is 7. The minimum atomic E-state index is -0.612. The van der Waals surface area contributed by atoms with Gasteiger partial charge in [-0.25, -0.2) is 0 Å². The third kappa shape index (κ3) is 5.07. The maximum absolute atomic E-state index is 13.3. The Morgan fingerprint density at radius 3 is 2.70 bits per heavy atom. The lowest BCUT2D eigenvalue weighted by molar-refractivity contribution is -0.142. The van der Waals surface area contributed by atoms with Gasteiger partial charge in [-0.05, 0) is 49.3 Å². The molecule has 1 aliphatic rings. The molecular formula is C25H33N3O2. The highest BCUT2D eigenvalue weighted by molar-refractivity contribution is 5.85. The minimum Gasteiger partial charge on any atom is -0.356 e. The van der Waals surface area contributed by atoms with E-state index in [9.17, 15) is 9.59 Å². The monoisotopic (exact) mass is 407 g/mol. The van der Waals surface area contributed by atoms with Crippen molar-refractivity contribution in [1.29, 1.82) is 0 Å². The predicted molar refractivity (Wildman–Crippen MR) is 120 cm³/mol. The molecular weight excluding hydrogens is 374 g/mol. The van der Waals surface area contributed by atoms with Gasteiger partial charge in [-0.2, -0.15) is 0 Å². The summed E-state index contributed by atoms with van der Waals surface area (Å²) in [4.78, 5) is 32.3. The summed E-state index contributed by atoms with van der Waals surface area (Å²) in [6.07, 6.45) is 6.38. The standard InChI is InChI=1S/C25H33N3O2/c1-4-27-24(30)25(12-8-14-28(18-25)23(29)15-19(2)3)16-20-9-5-6-11-22(20)21-10-7-13-26-17-21/h5-7,9-11,13,17,19H,4,8,12,14-16,18H2,1-3H3,(H,27,30)/t25-/m1/s1. The Kier molecular flexibility index (Phi) is 7.24. The Balaban J connectivity index is 1.94. The molecule has 1 fully saturated rings. The molecule has 1 aromatic heterocycles. The molecule has 0 radical (unpaired) electrons. The van der Waals surface area contributed by atoms with E-state index in [4.69, 9.17) is 0 Å². The van der Waals surface area contributed by atoms with Crippen molar-refractivity contribution in [3.05, 3.63) is 54.4 Å². The second-order valence-corrected chi connectivity index (χ2v) is 8.73. The summed E-state index contributed by atoms with van der Waals surface area (Å²) in [5.41, 5.74) is 2.65. The van der Waals surface area contributed by atoms with E-state index in [-0.39, 0.29) is 11.8 Å². The highest BCUT2D eigenvalue weighted by atomic mass is 16.2. The fourth-order valence-electron chi connectivity index (χ4n) is 4.42. The Morgan fingerprint density at radius 2 is 2.00 bits per heavy atom. The summed E-state index contributed by atoms with van der Waals surface area (Å²) in [6.45, 7) is 7.86. The Morgan fingerprint density at radius 1 is 1.20 bits per heavy atom. The van der Waals surface area contributed by atoms with Crippen LogP contribution in [0.25, 0.3) is 11.1 Å². The molecule has 0 unspecified atom stereocenters. The van der Waals surface area contributed by atoms with Crippen LogP contribution in [-0.2, 0) is 16.0 Å². The van der Waals surface area contributed by atoms with Crippen LogP contribution < -0.4 is 5.32 Å². The SMILES string of the molecule is CCNC(=O)[C@@]1(Cc2ccccc2-c2cccnc2)CCCN(C(=O)CC(C)C)C1. The van der Waals surface area contributed by atoms with Crippen molar-refractivity contribution in [2.24, 2.45) is 11.3 Å². The highest BCUT2D eigenvalue weighted by Crippen LogP contribution is 2.37. The average Bonchev–Trinajstić information content (AvgIpc) is 2.74. The molecule has 3 rings (SSSR count). The van der Waals surface area contributed by atoms with Gasteiger partial charge in [0.05, 0.1) is 5.41 Å². The van der Waals surface area contributed by atoms with Crippen molar-refractivity contribution in [1.82, 2.24) is 15.2 Å². The number of carbonyl (C=O) groups is 2. The number of hydrogen-bond acceptors (Lipinski definition) is 3. The lowest BCUT2D eigenvalue weighted by Crippen LogP contribution is -2.54. The molecule has 5 heteroatoms. The fraction of sp³-hybridized carbons (Fsp3) is 0.480. The van der Waals surface area contributed by atoms with Gasteiger partial charge in [0, 0.05) is 44.0 Å². The highest BCUT2D eigenvalue weighted by Gasteiger charge is 2.43. The van der Waals surface area contributed by atoms with Crippen LogP contribution >= 0.6 is 0 Å². The Bertz CT molecular complexity index is 866. The van der Waals surface area contributed by atoms with Crippen molar-refractivity contribution < 1.29 is 9.59 Å². The van der Waals surface area contributed by atoms with E-state index in [1.165, 1.54) is 0 Å². The van der Waals surface area contributed by atoms with Crippen molar-refractivity contribution in [3.63, 3.8) is 0 Å². The lowest BCUT2D eigenvalue weighted by Gasteiger charge is -2.42. The molecule has 1 aromatic carbocycles. The van der Waals surface area contributed by atoms with Crippen LogP contribution in [0.4, 0.5) is 0 Å². The van der Waals surface area contributed by atoms with Crippen molar-refractivity contribution in [2.45, 2.75) is 46.5 Å². The topological polar surface area (TPSA) is 62.3 Å². The zero-order valence-electron chi connectivity index (χ0n) is 18.4. The van der Waals surface area contributed by atoms with E-state index >= 15 is 0 Å². The molecule has 0 spiro atoms. The van der Waals surface area contributed by atoms with Crippen molar-refractivity contribution in [3.8, 4) is 11.1 Å². The molecule has 160 valence electrons. The van der Waals surface area contributed by atoms with E-state index < -0.39 is 5.41 Å².